The minimum Gasteiger partial charge on any atom is -0.309 e. The second kappa shape index (κ2) is 16.1. The van der Waals surface area contributed by atoms with Gasteiger partial charge in [-0.15, -0.1) is 0 Å². The van der Waals surface area contributed by atoms with Gasteiger partial charge in [0.15, 0.2) is 8.07 Å². The number of para-hydroxylation sites is 5. The average molecular weight is 908 g/mol. The summed E-state index contributed by atoms with van der Waals surface area (Å²) in [6, 6.07) is 101. The first-order valence-electron chi connectivity index (χ1n) is 24.2. The van der Waals surface area contributed by atoms with Gasteiger partial charge in [-0.05, 0) is 74.8 Å². The summed E-state index contributed by atoms with van der Waals surface area (Å²) < 4.78 is 7.57. The molecule has 3 heterocycles. The molecule has 0 spiro atoms. The van der Waals surface area contributed by atoms with Crippen LogP contribution in [0.5, 0.6) is 0 Å². The predicted octanol–water partition coefficient (Wildman–Crippen LogP) is 14.0. The highest BCUT2D eigenvalue weighted by Crippen LogP contribution is 2.44. The summed E-state index contributed by atoms with van der Waals surface area (Å²) >= 11 is 0. The first kappa shape index (κ1) is 40.1. The van der Waals surface area contributed by atoms with Crippen molar-refractivity contribution >= 4 is 94.2 Å². The molecule has 3 nitrogen and oxygen atoms in total. The van der Waals surface area contributed by atoms with Crippen LogP contribution in [0.2, 0.25) is 0 Å². The van der Waals surface area contributed by atoms with Crippen LogP contribution < -0.4 is 20.7 Å². The molecule has 0 aliphatic carbocycles. The van der Waals surface area contributed by atoms with Crippen molar-refractivity contribution in [2.75, 3.05) is 0 Å². The molecule has 3 aromatic heterocycles. The molecule has 0 aliphatic rings. The zero-order valence-corrected chi connectivity index (χ0v) is 39.3. The third-order valence-electron chi connectivity index (χ3n) is 14.8. The lowest BCUT2D eigenvalue weighted by molar-refractivity contribution is 1.13. The quantitative estimate of drug-likeness (QED) is 0.107. The van der Waals surface area contributed by atoms with Crippen molar-refractivity contribution in [3.8, 4) is 28.2 Å². The Balaban J connectivity index is 1.11. The van der Waals surface area contributed by atoms with E-state index >= 15 is 0 Å². The van der Waals surface area contributed by atoms with Gasteiger partial charge in [0, 0.05) is 37.9 Å². The SMILES string of the molecule is c1ccc(-c2ccccc2-n2c3cccc(-n4c5ccccc5c5ccccc54)c3c3cccc(-n4c5ccccc5c5cc([Si](c6ccccc6)(c6ccccc6)c6ccccc6)ccc54)c32)cc1. The monoisotopic (exact) mass is 907 g/mol. The van der Waals surface area contributed by atoms with Crippen molar-refractivity contribution in [2.24, 2.45) is 0 Å². The Morgan fingerprint density at radius 2 is 0.657 bits per heavy atom. The van der Waals surface area contributed by atoms with Gasteiger partial charge in [0.05, 0.1) is 50.2 Å². The summed E-state index contributed by atoms with van der Waals surface area (Å²) in [5.74, 6) is 0. The minimum absolute atomic E-state index is 1.13. The Morgan fingerprint density at radius 1 is 0.243 bits per heavy atom. The zero-order valence-electron chi connectivity index (χ0n) is 38.3. The number of nitrogens with zero attached hydrogens (tertiary/aromatic N) is 3. The molecule has 0 aliphatic heterocycles. The fourth-order valence-corrected chi connectivity index (χ4v) is 16.7. The first-order chi connectivity index (χ1) is 34.8. The highest BCUT2D eigenvalue weighted by atomic mass is 28.3. The van der Waals surface area contributed by atoms with Gasteiger partial charge in [0.2, 0.25) is 0 Å². The summed E-state index contributed by atoms with van der Waals surface area (Å²) in [6.07, 6.45) is 0. The molecule has 4 heteroatoms. The molecule has 70 heavy (non-hydrogen) atoms. The normalized spacial score (nSPS) is 12.0. The molecule has 0 saturated carbocycles. The Hall–Kier alpha value is -8.96. The molecule has 0 amide bonds. The molecule has 14 aromatic rings. The van der Waals surface area contributed by atoms with E-state index in [0.717, 1.165) is 28.1 Å². The van der Waals surface area contributed by atoms with Crippen molar-refractivity contribution in [1.82, 2.24) is 13.7 Å². The number of rotatable bonds is 8. The van der Waals surface area contributed by atoms with Crippen LogP contribution in [0.25, 0.3) is 93.6 Å². The maximum Gasteiger partial charge on any atom is 0.179 e. The molecule has 0 fully saturated rings. The van der Waals surface area contributed by atoms with E-state index in [1.54, 1.807) is 0 Å². The molecule has 0 atom stereocenters. The van der Waals surface area contributed by atoms with Gasteiger partial charge in [-0.25, -0.2) is 0 Å². The standard InChI is InChI=1S/C66H45N3Si/c1-5-23-46(24-6-1)51-31-13-17-36-57(51)69-63-41-22-40-62(67-58-37-18-14-32-52(58)53-33-15-19-38-59(53)67)65(63)55-35-21-42-64(66(55)69)68-60-39-20-16-34-54(60)56-45-50(43-44-61(56)68)70(47-25-7-2-8-26-47,48-27-9-3-10-28-48)49-29-11-4-12-30-49/h1-45H. The second-order valence-electron chi connectivity index (χ2n) is 18.4. The lowest BCUT2D eigenvalue weighted by Gasteiger charge is -2.34. The summed E-state index contributed by atoms with van der Waals surface area (Å²) in [6.45, 7) is 0. The van der Waals surface area contributed by atoms with Crippen LogP contribution in [-0.2, 0) is 0 Å². The smallest absolute Gasteiger partial charge is 0.179 e. The second-order valence-corrected chi connectivity index (χ2v) is 22.2. The molecule has 11 aromatic carbocycles. The molecule has 0 radical (unpaired) electrons. The number of fused-ring (bicyclic) bond motifs is 9. The van der Waals surface area contributed by atoms with Gasteiger partial charge >= 0.3 is 0 Å². The van der Waals surface area contributed by atoms with Crippen LogP contribution in [0.1, 0.15) is 0 Å². The third kappa shape index (κ3) is 5.87. The van der Waals surface area contributed by atoms with Gasteiger partial charge in [-0.1, -0.05) is 224 Å². The van der Waals surface area contributed by atoms with Crippen LogP contribution in [0, 0.1) is 0 Å². The van der Waals surface area contributed by atoms with Gasteiger partial charge in [-0.2, -0.15) is 0 Å². The highest BCUT2D eigenvalue weighted by Gasteiger charge is 2.41. The van der Waals surface area contributed by atoms with Crippen molar-refractivity contribution in [3.05, 3.63) is 273 Å². The van der Waals surface area contributed by atoms with Crippen LogP contribution in [-0.4, -0.2) is 21.8 Å². The number of hydrogen-bond acceptors (Lipinski definition) is 0. The van der Waals surface area contributed by atoms with E-state index < -0.39 is 8.07 Å². The van der Waals surface area contributed by atoms with E-state index in [0.29, 0.717) is 0 Å². The summed E-state index contributed by atoms with van der Waals surface area (Å²) in [4.78, 5) is 0. The molecule has 0 bridgehead atoms. The molecule has 14 rings (SSSR count). The fourth-order valence-electron chi connectivity index (χ4n) is 11.9. The molecule has 0 saturated heterocycles. The third-order valence-corrected chi connectivity index (χ3v) is 19.6. The maximum atomic E-state index is 2.55. The van der Waals surface area contributed by atoms with Crippen LogP contribution >= 0.6 is 0 Å². The Kier molecular flexibility index (Phi) is 9.23. The minimum atomic E-state index is -2.82. The van der Waals surface area contributed by atoms with E-state index in [-0.39, 0.29) is 0 Å². The van der Waals surface area contributed by atoms with Crippen molar-refractivity contribution in [1.29, 1.82) is 0 Å². The highest BCUT2D eigenvalue weighted by molar-refractivity contribution is 7.20. The van der Waals surface area contributed by atoms with E-state index in [1.807, 2.05) is 0 Å². The summed E-state index contributed by atoms with van der Waals surface area (Å²) in [7, 11) is -2.82. The van der Waals surface area contributed by atoms with Gasteiger partial charge in [0.25, 0.3) is 0 Å². The predicted molar refractivity (Wildman–Crippen MR) is 299 cm³/mol. The molecular formula is C66H45N3Si. The van der Waals surface area contributed by atoms with Gasteiger partial charge < -0.3 is 13.7 Å². The Labute approximate surface area is 407 Å². The molecule has 0 unspecified atom stereocenters. The summed E-state index contributed by atoms with van der Waals surface area (Å²) in [5.41, 5.74) is 12.8. The van der Waals surface area contributed by atoms with Gasteiger partial charge in [0.1, 0.15) is 0 Å². The van der Waals surface area contributed by atoms with Gasteiger partial charge in [-0.3, -0.25) is 0 Å². The number of benzene rings is 11. The largest absolute Gasteiger partial charge is 0.309 e. The van der Waals surface area contributed by atoms with Crippen LogP contribution in [0.3, 0.4) is 0 Å². The topological polar surface area (TPSA) is 14.8 Å². The lowest BCUT2D eigenvalue weighted by Crippen LogP contribution is -2.74. The fraction of sp³-hybridized carbons (Fsp3) is 0. The average Bonchev–Trinajstić information content (AvgIpc) is 4.08. The summed E-state index contributed by atoms with van der Waals surface area (Å²) in [5, 5.41) is 12.8. The molecule has 0 N–H and O–H groups in total. The van der Waals surface area contributed by atoms with E-state index in [4.69, 9.17) is 0 Å². The molecule has 328 valence electrons. The van der Waals surface area contributed by atoms with E-state index in [9.17, 15) is 0 Å². The number of aromatic nitrogens is 3. The Bertz CT molecular complexity index is 4130. The van der Waals surface area contributed by atoms with E-state index in [2.05, 4.69) is 287 Å². The van der Waals surface area contributed by atoms with Crippen LogP contribution in [0.15, 0.2) is 273 Å². The molecular weight excluding hydrogens is 863 g/mol. The first-order valence-corrected chi connectivity index (χ1v) is 26.2. The van der Waals surface area contributed by atoms with E-state index in [1.165, 1.54) is 86.3 Å². The van der Waals surface area contributed by atoms with Crippen molar-refractivity contribution < 1.29 is 0 Å². The van der Waals surface area contributed by atoms with Crippen molar-refractivity contribution in [3.63, 3.8) is 0 Å². The maximum absolute atomic E-state index is 2.82. The Morgan fingerprint density at radius 3 is 1.26 bits per heavy atom. The lowest BCUT2D eigenvalue weighted by atomic mass is 10.0. The van der Waals surface area contributed by atoms with Crippen LogP contribution in [0.4, 0.5) is 0 Å². The zero-order chi connectivity index (χ0) is 46.2. The number of hydrogen-bond donors (Lipinski definition) is 0. The van der Waals surface area contributed by atoms with Crippen molar-refractivity contribution in [2.45, 2.75) is 0 Å².